The van der Waals surface area contributed by atoms with Crippen molar-refractivity contribution in [1.82, 2.24) is 10.2 Å². The third-order valence-electron chi connectivity index (χ3n) is 5.48. The Morgan fingerprint density at radius 3 is 2.15 bits per heavy atom. The van der Waals surface area contributed by atoms with Gasteiger partial charge in [0, 0.05) is 12.6 Å². The van der Waals surface area contributed by atoms with Crippen molar-refractivity contribution in [3.63, 3.8) is 0 Å². The van der Waals surface area contributed by atoms with E-state index in [0.29, 0.717) is 18.0 Å². The molecule has 2 amide bonds. The lowest BCUT2D eigenvalue weighted by atomic mass is 10.1. The minimum Gasteiger partial charge on any atom is -0.494 e. The SMILES string of the molecule is CCOc1ccc(N(CC(=O)N(Cc2ccccc2)[C@H](C)C(=O)N[C@H](C)CC)S(C)(=O)=O)cc1. The van der Waals surface area contributed by atoms with Crippen LogP contribution < -0.4 is 14.4 Å². The van der Waals surface area contributed by atoms with Gasteiger partial charge in [0.05, 0.1) is 18.6 Å². The summed E-state index contributed by atoms with van der Waals surface area (Å²) >= 11 is 0. The summed E-state index contributed by atoms with van der Waals surface area (Å²) in [7, 11) is -3.77. The standard InChI is InChI=1S/C25H35N3O5S/c1-6-19(3)26-25(30)20(4)27(17-21-11-9-8-10-12-21)24(29)18-28(34(5,31)32)22-13-15-23(16-14-22)33-7-2/h8-16,19-20H,6-7,17-18H2,1-5H3,(H,26,30)/t19-,20-/m1/s1. The van der Waals surface area contributed by atoms with Crippen LogP contribution in [0.15, 0.2) is 54.6 Å². The van der Waals surface area contributed by atoms with Gasteiger partial charge in [-0.3, -0.25) is 13.9 Å². The summed E-state index contributed by atoms with van der Waals surface area (Å²) in [6.07, 6.45) is 1.81. The van der Waals surface area contributed by atoms with Crippen molar-refractivity contribution in [2.24, 2.45) is 0 Å². The summed E-state index contributed by atoms with van der Waals surface area (Å²) in [5, 5.41) is 2.91. The molecule has 2 rings (SSSR count). The molecular formula is C25H35N3O5S. The molecule has 186 valence electrons. The van der Waals surface area contributed by atoms with Crippen molar-refractivity contribution in [3.05, 3.63) is 60.2 Å². The number of carbonyl (C=O) groups excluding carboxylic acids is 2. The molecule has 0 aliphatic rings. The summed E-state index contributed by atoms with van der Waals surface area (Å²) in [4.78, 5) is 27.7. The highest BCUT2D eigenvalue weighted by molar-refractivity contribution is 7.92. The molecule has 0 saturated carbocycles. The van der Waals surface area contributed by atoms with E-state index < -0.39 is 28.5 Å². The number of benzene rings is 2. The molecule has 2 aromatic carbocycles. The van der Waals surface area contributed by atoms with Crippen molar-refractivity contribution in [3.8, 4) is 5.75 Å². The first-order valence-electron chi connectivity index (χ1n) is 11.4. The van der Waals surface area contributed by atoms with Crippen LogP contribution in [0.2, 0.25) is 0 Å². The number of ether oxygens (including phenoxy) is 1. The van der Waals surface area contributed by atoms with E-state index in [1.165, 1.54) is 4.90 Å². The molecule has 0 fully saturated rings. The molecule has 0 radical (unpaired) electrons. The van der Waals surface area contributed by atoms with Gasteiger partial charge in [-0.25, -0.2) is 8.42 Å². The second kappa shape index (κ2) is 12.4. The zero-order chi connectivity index (χ0) is 25.3. The molecule has 2 aromatic rings. The van der Waals surface area contributed by atoms with E-state index >= 15 is 0 Å². The van der Waals surface area contributed by atoms with Gasteiger partial charge in [-0.05, 0) is 57.0 Å². The maximum atomic E-state index is 13.5. The van der Waals surface area contributed by atoms with Gasteiger partial charge >= 0.3 is 0 Å². The lowest BCUT2D eigenvalue weighted by Gasteiger charge is -2.32. The van der Waals surface area contributed by atoms with Crippen LogP contribution in [0.25, 0.3) is 0 Å². The van der Waals surface area contributed by atoms with Gasteiger partial charge in [-0.2, -0.15) is 0 Å². The van der Waals surface area contributed by atoms with Crippen LogP contribution in [0.4, 0.5) is 5.69 Å². The number of nitrogens with zero attached hydrogens (tertiary/aromatic N) is 2. The summed E-state index contributed by atoms with van der Waals surface area (Å²) in [5.74, 6) is -0.160. The number of carbonyl (C=O) groups is 2. The van der Waals surface area contributed by atoms with E-state index in [1.807, 2.05) is 51.1 Å². The Morgan fingerprint density at radius 1 is 1.00 bits per heavy atom. The van der Waals surface area contributed by atoms with Crippen LogP contribution in [-0.4, -0.2) is 56.6 Å². The smallest absolute Gasteiger partial charge is 0.244 e. The van der Waals surface area contributed by atoms with Crippen LogP contribution in [0.1, 0.15) is 39.7 Å². The quantitative estimate of drug-likeness (QED) is 0.494. The monoisotopic (exact) mass is 489 g/mol. The van der Waals surface area contributed by atoms with E-state index in [0.717, 1.165) is 22.5 Å². The van der Waals surface area contributed by atoms with E-state index in [-0.39, 0.29) is 18.5 Å². The van der Waals surface area contributed by atoms with Crippen molar-refractivity contribution < 1.29 is 22.7 Å². The minimum atomic E-state index is -3.77. The van der Waals surface area contributed by atoms with Gasteiger partial charge in [0.2, 0.25) is 21.8 Å². The molecule has 0 aromatic heterocycles. The fourth-order valence-corrected chi connectivity index (χ4v) is 4.17. The Kier molecular flexibility index (Phi) is 9.92. The first-order chi connectivity index (χ1) is 16.1. The van der Waals surface area contributed by atoms with E-state index in [4.69, 9.17) is 4.74 Å². The Labute approximate surface area is 202 Å². The third kappa shape index (κ3) is 7.76. The predicted octanol–water partition coefficient (Wildman–Crippen LogP) is 3.18. The first kappa shape index (κ1) is 27.2. The number of anilines is 1. The molecule has 34 heavy (non-hydrogen) atoms. The van der Waals surface area contributed by atoms with Gasteiger partial charge in [-0.15, -0.1) is 0 Å². The summed E-state index contributed by atoms with van der Waals surface area (Å²) in [5.41, 5.74) is 1.18. The second-order valence-electron chi connectivity index (χ2n) is 8.20. The fourth-order valence-electron chi connectivity index (χ4n) is 3.32. The Morgan fingerprint density at radius 2 is 1.62 bits per heavy atom. The Hall–Kier alpha value is -3.07. The van der Waals surface area contributed by atoms with Crippen molar-refractivity contribution >= 4 is 27.5 Å². The molecule has 9 heteroatoms. The van der Waals surface area contributed by atoms with Gasteiger partial charge in [-0.1, -0.05) is 37.3 Å². The van der Waals surface area contributed by atoms with Crippen LogP contribution in [0.3, 0.4) is 0 Å². The van der Waals surface area contributed by atoms with Crippen LogP contribution in [0, 0.1) is 0 Å². The minimum absolute atomic E-state index is 0.0417. The van der Waals surface area contributed by atoms with Crippen LogP contribution in [0.5, 0.6) is 5.75 Å². The van der Waals surface area contributed by atoms with Gasteiger partial charge in [0.15, 0.2) is 0 Å². The zero-order valence-corrected chi connectivity index (χ0v) is 21.3. The molecule has 1 N–H and O–H groups in total. The maximum absolute atomic E-state index is 13.5. The lowest BCUT2D eigenvalue weighted by molar-refractivity contribution is -0.139. The number of hydrogen-bond donors (Lipinski definition) is 1. The number of nitrogens with one attached hydrogen (secondary N) is 1. The average molecular weight is 490 g/mol. The lowest BCUT2D eigenvalue weighted by Crippen LogP contribution is -2.52. The van der Waals surface area contributed by atoms with E-state index in [9.17, 15) is 18.0 Å². The summed E-state index contributed by atoms with van der Waals surface area (Å²) < 4.78 is 31.7. The first-order valence-corrected chi connectivity index (χ1v) is 13.3. The molecule has 0 unspecified atom stereocenters. The highest BCUT2D eigenvalue weighted by atomic mass is 32.2. The number of sulfonamides is 1. The maximum Gasteiger partial charge on any atom is 0.244 e. The average Bonchev–Trinajstić information content (AvgIpc) is 2.81. The van der Waals surface area contributed by atoms with Gasteiger partial charge in [0.1, 0.15) is 18.3 Å². The molecular weight excluding hydrogens is 454 g/mol. The molecule has 0 spiro atoms. The molecule has 0 bridgehead atoms. The molecule has 2 atom stereocenters. The Balaban J connectivity index is 2.33. The van der Waals surface area contributed by atoms with Crippen molar-refractivity contribution in [2.75, 3.05) is 23.7 Å². The third-order valence-corrected chi connectivity index (χ3v) is 6.62. The topological polar surface area (TPSA) is 96.0 Å². The van der Waals surface area contributed by atoms with Crippen LogP contribution in [-0.2, 0) is 26.2 Å². The second-order valence-corrected chi connectivity index (χ2v) is 10.1. The fraction of sp³-hybridized carbons (Fsp3) is 0.440. The number of hydrogen-bond acceptors (Lipinski definition) is 5. The van der Waals surface area contributed by atoms with Crippen molar-refractivity contribution in [2.45, 2.75) is 52.7 Å². The number of amides is 2. The van der Waals surface area contributed by atoms with E-state index in [1.54, 1.807) is 31.2 Å². The van der Waals surface area contributed by atoms with E-state index in [2.05, 4.69) is 5.32 Å². The predicted molar refractivity (Wildman–Crippen MR) is 134 cm³/mol. The van der Waals surface area contributed by atoms with Gasteiger partial charge in [0.25, 0.3) is 0 Å². The Bertz CT molecular complexity index is 1040. The molecule has 8 nitrogen and oxygen atoms in total. The normalized spacial score (nSPS) is 13.0. The molecule has 0 aliphatic heterocycles. The van der Waals surface area contributed by atoms with Crippen LogP contribution >= 0.6 is 0 Å². The largest absolute Gasteiger partial charge is 0.494 e. The summed E-state index contributed by atoms with van der Waals surface area (Å²) in [6.45, 7) is 7.60. The summed E-state index contributed by atoms with van der Waals surface area (Å²) in [6, 6.07) is 15.0. The highest BCUT2D eigenvalue weighted by Gasteiger charge is 2.30. The highest BCUT2D eigenvalue weighted by Crippen LogP contribution is 2.22. The molecule has 0 saturated heterocycles. The van der Waals surface area contributed by atoms with Crippen molar-refractivity contribution in [1.29, 1.82) is 0 Å². The number of rotatable bonds is 12. The van der Waals surface area contributed by atoms with Gasteiger partial charge < -0.3 is 15.0 Å². The molecule has 0 heterocycles. The molecule has 0 aliphatic carbocycles. The zero-order valence-electron chi connectivity index (χ0n) is 20.5.